The molecule has 0 aliphatic carbocycles. The van der Waals surface area contributed by atoms with Crippen molar-refractivity contribution in [3.63, 3.8) is 0 Å². The Morgan fingerprint density at radius 2 is 1.80 bits per heavy atom. The molecule has 20 heavy (non-hydrogen) atoms. The van der Waals surface area contributed by atoms with Gasteiger partial charge in [0.05, 0.1) is 17.8 Å². The molecule has 0 amide bonds. The van der Waals surface area contributed by atoms with Crippen molar-refractivity contribution in [2.24, 2.45) is 0 Å². The Morgan fingerprint density at radius 3 is 2.50 bits per heavy atom. The molecule has 0 spiro atoms. The van der Waals surface area contributed by atoms with Gasteiger partial charge in [-0.25, -0.2) is 0 Å². The van der Waals surface area contributed by atoms with Gasteiger partial charge >= 0.3 is 0 Å². The van der Waals surface area contributed by atoms with Gasteiger partial charge in [-0.1, -0.05) is 50.2 Å². The number of hydrogen-bond acceptors (Lipinski definition) is 1. The molecule has 1 aromatic heterocycles. The SMILES string of the molecule is Cc1nn(Cc2ccccc2)c2ccc(C(C)C)cc12. The highest BCUT2D eigenvalue weighted by molar-refractivity contribution is 5.82. The Kier molecular flexibility index (Phi) is 3.31. The fourth-order valence-electron chi connectivity index (χ4n) is 2.59. The minimum atomic E-state index is 0.552. The largest absolute Gasteiger partial charge is 0.260 e. The zero-order valence-corrected chi connectivity index (χ0v) is 12.3. The summed E-state index contributed by atoms with van der Waals surface area (Å²) in [6.45, 7) is 7.37. The molecule has 0 bridgehead atoms. The molecule has 0 aliphatic rings. The summed E-state index contributed by atoms with van der Waals surface area (Å²) in [5, 5.41) is 5.97. The van der Waals surface area contributed by atoms with E-state index in [-0.39, 0.29) is 0 Å². The second kappa shape index (κ2) is 5.12. The van der Waals surface area contributed by atoms with Crippen molar-refractivity contribution in [2.45, 2.75) is 33.2 Å². The fraction of sp³-hybridized carbons (Fsp3) is 0.278. The molecule has 2 nitrogen and oxygen atoms in total. The Bertz CT molecular complexity index is 724. The van der Waals surface area contributed by atoms with Crippen molar-refractivity contribution in [1.29, 1.82) is 0 Å². The predicted octanol–water partition coefficient (Wildman–Crippen LogP) is 4.52. The summed E-state index contributed by atoms with van der Waals surface area (Å²) >= 11 is 0. The van der Waals surface area contributed by atoms with Crippen LogP contribution in [-0.2, 0) is 6.54 Å². The van der Waals surface area contributed by atoms with E-state index in [0.717, 1.165) is 12.2 Å². The maximum absolute atomic E-state index is 4.70. The molecule has 2 heteroatoms. The molecule has 0 unspecified atom stereocenters. The topological polar surface area (TPSA) is 17.8 Å². The minimum absolute atomic E-state index is 0.552. The van der Waals surface area contributed by atoms with Crippen LogP contribution in [0, 0.1) is 6.92 Å². The van der Waals surface area contributed by atoms with Crippen molar-refractivity contribution in [1.82, 2.24) is 9.78 Å². The molecule has 0 fully saturated rings. The summed E-state index contributed by atoms with van der Waals surface area (Å²) in [7, 11) is 0. The van der Waals surface area contributed by atoms with Crippen LogP contribution in [0.3, 0.4) is 0 Å². The number of rotatable bonds is 3. The summed E-state index contributed by atoms with van der Waals surface area (Å²) in [5.74, 6) is 0.552. The monoisotopic (exact) mass is 264 g/mol. The lowest BCUT2D eigenvalue weighted by atomic mass is 10.0. The standard InChI is InChI=1S/C18H20N2/c1-13(2)16-9-10-18-17(11-16)14(3)19-20(18)12-15-7-5-4-6-8-15/h4-11,13H,12H2,1-3H3. The van der Waals surface area contributed by atoms with E-state index in [0.29, 0.717) is 5.92 Å². The third-order valence-corrected chi connectivity index (χ3v) is 3.80. The molecule has 0 radical (unpaired) electrons. The molecule has 3 rings (SSSR count). The van der Waals surface area contributed by atoms with Crippen LogP contribution < -0.4 is 0 Å². The lowest BCUT2D eigenvalue weighted by molar-refractivity contribution is 0.703. The van der Waals surface area contributed by atoms with Gasteiger partial charge in [-0.05, 0) is 36.1 Å². The summed E-state index contributed by atoms with van der Waals surface area (Å²) in [5.41, 5.74) is 4.99. The van der Waals surface area contributed by atoms with Crippen LogP contribution in [0.25, 0.3) is 10.9 Å². The fourth-order valence-corrected chi connectivity index (χ4v) is 2.59. The number of fused-ring (bicyclic) bond motifs is 1. The Balaban J connectivity index is 2.05. The van der Waals surface area contributed by atoms with Gasteiger partial charge in [-0.2, -0.15) is 5.10 Å². The molecule has 0 aliphatic heterocycles. The van der Waals surface area contributed by atoms with Crippen LogP contribution in [0.5, 0.6) is 0 Å². The molecule has 1 heterocycles. The van der Waals surface area contributed by atoms with Crippen LogP contribution in [0.15, 0.2) is 48.5 Å². The number of aromatic nitrogens is 2. The summed E-state index contributed by atoms with van der Waals surface area (Å²) in [4.78, 5) is 0. The maximum atomic E-state index is 4.70. The Labute approximate surface area is 120 Å². The first-order valence-corrected chi connectivity index (χ1v) is 7.16. The predicted molar refractivity (Wildman–Crippen MR) is 84.1 cm³/mol. The third-order valence-electron chi connectivity index (χ3n) is 3.80. The molecule has 0 saturated carbocycles. The Hall–Kier alpha value is -2.09. The normalized spacial score (nSPS) is 11.4. The van der Waals surface area contributed by atoms with Gasteiger partial charge < -0.3 is 0 Å². The average molecular weight is 264 g/mol. The lowest BCUT2D eigenvalue weighted by Crippen LogP contribution is -2.01. The van der Waals surface area contributed by atoms with Crippen molar-refractivity contribution >= 4 is 10.9 Å². The van der Waals surface area contributed by atoms with Gasteiger partial charge in [0.25, 0.3) is 0 Å². The molecule has 0 atom stereocenters. The molecule has 3 aromatic rings. The van der Waals surface area contributed by atoms with E-state index in [9.17, 15) is 0 Å². The van der Waals surface area contributed by atoms with E-state index in [4.69, 9.17) is 5.10 Å². The summed E-state index contributed by atoms with van der Waals surface area (Å²) < 4.78 is 2.10. The highest BCUT2D eigenvalue weighted by atomic mass is 15.3. The average Bonchev–Trinajstić information content (AvgIpc) is 2.76. The lowest BCUT2D eigenvalue weighted by Gasteiger charge is -2.07. The van der Waals surface area contributed by atoms with Gasteiger partial charge in [-0.3, -0.25) is 4.68 Å². The van der Waals surface area contributed by atoms with E-state index in [1.54, 1.807) is 0 Å². The van der Waals surface area contributed by atoms with Crippen LogP contribution >= 0.6 is 0 Å². The zero-order chi connectivity index (χ0) is 14.1. The van der Waals surface area contributed by atoms with Gasteiger partial charge in [-0.15, -0.1) is 0 Å². The molecule has 0 saturated heterocycles. The van der Waals surface area contributed by atoms with E-state index < -0.39 is 0 Å². The van der Waals surface area contributed by atoms with E-state index in [2.05, 4.69) is 67.9 Å². The smallest absolute Gasteiger partial charge is 0.0689 e. The molecule has 0 N–H and O–H groups in total. The van der Waals surface area contributed by atoms with Crippen LogP contribution in [0.2, 0.25) is 0 Å². The highest BCUT2D eigenvalue weighted by Crippen LogP contribution is 2.24. The summed E-state index contributed by atoms with van der Waals surface area (Å²) in [6.07, 6.45) is 0. The zero-order valence-electron chi connectivity index (χ0n) is 12.3. The number of nitrogens with zero attached hydrogens (tertiary/aromatic N) is 2. The van der Waals surface area contributed by atoms with Gasteiger partial charge in [0.2, 0.25) is 0 Å². The summed E-state index contributed by atoms with van der Waals surface area (Å²) in [6, 6.07) is 17.2. The van der Waals surface area contributed by atoms with Crippen molar-refractivity contribution < 1.29 is 0 Å². The van der Waals surface area contributed by atoms with Crippen LogP contribution in [0.1, 0.15) is 36.6 Å². The van der Waals surface area contributed by atoms with Crippen molar-refractivity contribution in [3.8, 4) is 0 Å². The molecular formula is C18H20N2. The quantitative estimate of drug-likeness (QED) is 0.680. The van der Waals surface area contributed by atoms with E-state index in [1.165, 1.54) is 22.0 Å². The van der Waals surface area contributed by atoms with Crippen LogP contribution in [-0.4, -0.2) is 9.78 Å². The number of aryl methyl sites for hydroxylation is 1. The maximum Gasteiger partial charge on any atom is 0.0689 e. The number of benzene rings is 2. The van der Waals surface area contributed by atoms with Gasteiger partial charge in [0, 0.05) is 5.39 Å². The first-order chi connectivity index (χ1) is 9.65. The van der Waals surface area contributed by atoms with Gasteiger partial charge in [0.15, 0.2) is 0 Å². The third kappa shape index (κ3) is 2.34. The van der Waals surface area contributed by atoms with E-state index in [1.807, 2.05) is 6.07 Å². The first-order valence-electron chi connectivity index (χ1n) is 7.16. The van der Waals surface area contributed by atoms with E-state index >= 15 is 0 Å². The molecular weight excluding hydrogens is 244 g/mol. The molecule has 102 valence electrons. The number of hydrogen-bond donors (Lipinski definition) is 0. The second-order valence-corrected chi connectivity index (χ2v) is 5.66. The van der Waals surface area contributed by atoms with Gasteiger partial charge in [0.1, 0.15) is 0 Å². The van der Waals surface area contributed by atoms with Crippen LogP contribution in [0.4, 0.5) is 0 Å². The van der Waals surface area contributed by atoms with Crippen molar-refractivity contribution in [3.05, 3.63) is 65.4 Å². The second-order valence-electron chi connectivity index (χ2n) is 5.66. The minimum Gasteiger partial charge on any atom is -0.260 e. The molecule has 2 aromatic carbocycles. The Morgan fingerprint density at radius 1 is 1.05 bits per heavy atom. The first kappa shape index (κ1) is 12.9. The highest BCUT2D eigenvalue weighted by Gasteiger charge is 2.09. The van der Waals surface area contributed by atoms with Crippen molar-refractivity contribution in [2.75, 3.05) is 0 Å².